The van der Waals surface area contributed by atoms with E-state index in [4.69, 9.17) is 0 Å². The Hall–Kier alpha value is -1.35. The number of aliphatic carboxylic acids is 1. The molecule has 0 aliphatic heterocycles. The average Bonchev–Trinajstić information content (AvgIpc) is 2.29. The minimum Gasteiger partial charge on any atom is -0.480 e. The number of rotatable bonds is 6. The minimum atomic E-state index is -0.741. The van der Waals surface area contributed by atoms with Crippen molar-refractivity contribution in [2.75, 3.05) is 13.1 Å². The summed E-state index contributed by atoms with van der Waals surface area (Å²) >= 11 is 0. The van der Waals surface area contributed by atoms with Crippen LogP contribution in [-0.4, -0.2) is 35.1 Å². The van der Waals surface area contributed by atoms with E-state index in [2.05, 4.69) is 6.07 Å². The zero-order chi connectivity index (χ0) is 12.8. The van der Waals surface area contributed by atoms with Crippen molar-refractivity contribution in [1.82, 2.24) is 4.90 Å². The molecule has 0 saturated heterocycles. The number of carboxylic acids is 1. The molecule has 1 N–H and O–H groups in total. The lowest BCUT2D eigenvalue weighted by Gasteiger charge is -2.26. The van der Waals surface area contributed by atoms with Crippen molar-refractivity contribution in [1.29, 1.82) is 0 Å². The normalized spacial score (nSPS) is 12.7. The highest BCUT2D eigenvalue weighted by atomic mass is 16.4. The summed E-state index contributed by atoms with van der Waals surface area (Å²) in [6.45, 7) is 7.54. The highest BCUT2D eigenvalue weighted by Gasteiger charge is 2.23. The molecule has 0 spiro atoms. The van der Waals surface area contributed by atoms with Crippen molar-refractivity contribution in [2.45, 2.75) is 33.2 Å². The van der Waals surface area contributed by atoms with Crippen LogP contribution in [0.25, 0.3) is 0 Å². The first-order valence-electron chi connectivity index (χ1n) is 6.10. The van der Waals surface area contributed by atoms with E-state index in [-0.39, 0.29) is 0 Å². The summed E-state index contributed by atoms with van der Waals surface area (Å²) in [5, 5.41) is 9.29. The van der Waals surface area contributed by atoms with Gasteiger partial charge in [0.1, 0.15) is 6.04 Å². The Balaban J connectivity index is 2.83. The summed E-state index contributed by atoms with van der Waals surface area (Å²) in [6.07, 6.45) is 0.568. The molecule has 0 bridgehead atoms. The molecule has 0 aromatic heterocycles. The third-order valence-electron chi connectivity index (χ3n) is 3.05. The molecule has 1 rings (SSSR count). The molecule has 0 aliphatic rings. The Bertz CT molecular complexity index is 372. The van der Waals surface area contributed by atoms with Crippen LogP contribution in [0.4, 0.5) is 0 Å². The van der Waals surface area contributed by atoms with Crippen molar-refractivity contribution < 1.29 is 9.90 Å². The Labute approximate surface area is 103 Å². The quantitative estimate of drug-likeness (QED) is 0.822. The maximum atomic E-state index is 11.3. The van der Waals surface area contributed by atoms with Crippen molar-refractivity contribution >= 4 is 5.97 Å². The molecule has 1 atom stereocenters. The minimum absolute atomic E-state index is 0.424. The molecule has 0 radical (unpaired) electrons. The molecule has 3 nitrogen and oxygen atoms in total. The van der Waals surface area contributed by atoms with E-state index in [9.17, 15) is 9.90 Å². The second-order valence-corrected chi connectivity index (χ2v) is 4.27. The van der Waals surface area contributed by atoms with Crippen molar-refractivity contribution in [3.8, 4) is 0 Å². The lowest BCUT2D eigenvalue weighted by molar-refractivity contribution is -0.143. The topological polar surface area (TPSA) is 40.5 Å². The van der Waals surface area contributed by atoms with Crippen LogP contribution in [0.15, 0.2) is 24.3 Å². The van der Waals surface area contributed by atoms with Gasteiger partial charge in [0.15, 0.2) is 0 Å². The zero-order valence-electron chi connectivity index (χ0n) is 10.8. The molecule has 0 aliphatic carbocycles. The number of carbonyl (C=O) groups is 1. The van der Waals surface area contributed by atoms with E-state index >= 15 is 0 Å². The summed E-state index contributed by atoms with van der Waals surface area (Å²) in [4.78, 5) is 13.3. The number of likely N-dealkylation sites (N-methyl/N-ethyl adjacent to an activating group) is 1. The first-order valence-corrected chi connectivity index (χ1v) is 6.10. The lowest BCUT2D eigenvalue weighted by atomic mass is 10.0. The molecule has 1 aromatic rings. The standard InChI is InChI=1S/C14H21NO2/c1-4-15(5-2)13(14(16)17)10-12-8-6-7-11(3)9-12/h6-9,13H,4-5,10H2,1-3H3,(H,16,17)/t13-/m0/s1. The van der Waals surface area contributed by atoms with Gasteiger partial charge in [0.25, 0.3) is 0 Å². The molecule has 94 valence electrons. The molecule has 1 aromatic carbocycles. The molecule has 3 heteroatoms. The molecular weight excluding hydrogens is 214 g/mol. The summed E-state index contributed by atoms with van der Waals surface area (Å²) < 4.78 is 0. The van der Waals surface area contributed by atoms with Gasteiger partial charge in [-0.25, -0.2) is 0 Å². The summed E-state index contributed by atoms with van der Waals surface area (Å²) in [6, 6.07) is 7.63. The fourth-order valence-electron chi connectivity index (χ4n) is 2.10. The fourth-order valence-corrected chi connectivity index (χ4v) is 2.10. The third-order valence-corrected chi connectivity index (χ3v) is 3.05. The Kier molecular flexibility index (Phi) is 5.16. The summed E-state index contributed by atoms with van der Waals surface area (Å²) in [7, 11) is 0. The van der Waals surface area contributed by atoms with Crippen LogP contribution < -0.4 is 0 Å². The van der Waals surface area contributed by atoms with Crippen LogP contribution in [0.2, 0.25) is 0 Å². The number of hydrogen-bond donors (Lipinski definition) is 1. The van der Waals surface area contributed by atoms with Gasteiger partial charge in [-0.1, -0.05) is 43.7 Å². The van der Waals surface area contributed by atoms with E-state index in [0.717, 1.165) is 18.7 Å². The number of nitrogens with zero attached hydrogens (tertiary/aromatic N) is 1. The van der Waals surface area contributed by atoms with Crippen LogP contribution in [0.1, 0.15) is 25.0 Å². The van der Waals surface area contributed by atoms with Crippen LogP contribution in [0.3, 0.4) is 0 Å². The van der Waals surface area contributed by atoms with Crippen molar-refractivity contribution in [3.63, 3.8) is 0 Å². The van der Waals surface area contributed by atoms with Gasteiger partial charge in [-0.15, -0.1) is 0 Å². The van der Waals surface area contributed by atoms with Gasteiger partial charge in [-0.3, -0.25) is 9.69 Å². The van der Waals surface area contributed by atoms with Crippen LogP contribution >= 0.6 is 0 Å². The SMILES string of the molecule is CCN(CC)[C@@H](Cc1cccc(C)c1)C(=O)O. The van der Waals surface area contributed by atoms with E-state index in [0.29, 0.717) is 6.42 Å². The monoisotopic (exact) mass is 235 g/mol. The number of benzene rings is 1. The Morgan fingerprint density at radius 2 is 2.00 bits per heavy atom. The smallest absolute Gasteiger partial charge is 0.321 e. The number of aryl methyl sites for hydroxylation is 1. The first kappa shape index (κ1) is 13.7. The molecule has 0 fully saturated rings. The Morgan fingerprint density at radius 1 is 1.35 bits per heavy atom. The summed E-state index contributed by atoms with van der Waals surface area (Å²) in [5.74, 6) is -0.741. The van der Waals surface area contributed by atoms with Gasteiger partial charge < -0.3 is 5.11 Å². The maximum Gasteiger partial charge on any atom is 0.321 e. The summed E-state index contributed by atoms with van der Waals surface area (Å²) in [5.41, 5.74) is 2.26. The predicted octanol–water partition coefficient (Wildman–Crippen LogP) is 2.33. The maximum absolute atomic E-state index is 11.3. The second kappa shape index (κ2) is 6.40. The lowest BCUT2D eigenvalue weighted by Crippen LogP contribution is -2.42. The highest BCUT2D eigenvalue weighted by Crippen LogP contribution is 2.11. The number of carboxylic acid groups (broad SMARTS) is 1. The van der Waals surface area contributed by atoms with Gasteiger partial charge in [0.05, 0.1) is 0 Å². The van der Waals surface area contributed by atoms with Gasteiger partial charge in [-0.2, -0.15) is 0 Å². The molecule has 0 saturated carbocycles. The van der Waals surface area contributed by atoms with Crippen molar-refractivity contribution in [2.24, 2.45) is 0 Å². The third kappa shape index (κ3) is 3.86. The molecular formula is C14H21NO2. The van der Waals surface area contributed by atoms with E-state index < -0.39 is 12.0 Å². The number of hydrogen-bond acceptors (Lipinski definition) is 2. The van der Waals surface area contributed by atoms with Gasteiger partial charge in [0, 0.05) is 0 Å². The van der Waals surface area contributed by atoms with Crippen LogP contribution in [0, 0.1) is 6.92 Å². The Morgan fingerprint density at radius 3 is 2.47 bits per heavy atom. The molecule has 0 unspecified atom stereocenters. The average molecular weight is 235 g/mol. The largest absolute Gasteiger partial charge is 0.480 e. The highest BCUT2D eigenvalue weighted by molar-refractivity contribution is 5.74. The molecule has 17 heavy (non-hydrogen) atoms. The zero-order valence-corrected chi connectivity index (χ0v) is 10.8. The van der Waals surface area contributed by atoms with E-state index in [1.165, 1.54) is 5.56 Å². The fraction of sp³-hybridized carbons (Fsp3) is 0.500. The van der Waals surface area contributed by atoms with E-state index in [1.54, 1.807) is 0 Å². The van der Waals surface area contributed by atoms with Crippen LogP contribution in [-0.2, 0) is 11.2 Å². The second-order valence-electron chi connectivity index (χ2n) is 4.27. The first-order chi connectivity index (χ1) is 8.08. The molecule has 0 amide bonds. The van der Waals surface area contributed by atoms with E-state index in [1.807, 2.05) is 43.9 Å². The predicted molar refractivity (Wildman–Crippen MR) is 69.2 cm³/mol. The van der Waals surface area contributed by atoms with Crippen molar-refractivity contribution in [3.05, 3.63) is 35.4 Å². The van der Waals surface area contributed by atoms with Crippen LogP contribution in [0.5, 0.6) is 0 Å². The van der Waals surface area contributed by atoms with Gasteiger partial charge in [0.2, 0.25) is 0 Å². The molecule has 0 heterocycles. The van der Waals surface area contributed by atoms with Gasteiger partial charge >= 0.3 is 5.97 Å². The van der Waals surface area contributed by atoms with Gasteiger partial charge in [-0.05, 0) is 32.0 Å².